The first kappa shape index (κ1) is 13.0. The summed E-state index contributed by atoms with van der Waals surface area (Å²) in [7, 11) is 2.19. The van der Waals surface area contributed by atoms with Crippen LogP contribution in [0.4, 0.5) is 0 Å². The summed E-state index contributed by atoms with van der Waals surface area (Å²) in [6.07, 6.45) is 6.15. The first-order chi connectivity index (χ1) is 6.96. The van der Waals surface area contributed by atoms with Crippen LogP contribution in [-0.4, -0.2) is 35.7 Å². The molecular weight excluding hydrogens is 186 g/mol. The molecule has 1 saturated carbocycles. The maximum absolute atomic E-state index is 9.58. The number of rotatable bonds is 5. The van der Waals surface area contributed by atoms with E-state index in [1.165, 1.54) is 25.7 Å². The summed E-state index contributed by atoms with van der Waals surface area (Å²) in [6, 6.07) is 0. The minimum Gasteiger partial charge on any atom is -0.396 e. The highest BCUT2D eigenvalue weighted by atomic mass is 16.3. The molecule has 0 aromatic carbocycles. The van der Waals surface area contributed by atoms with Gasteiger partial charge in [0.2, 0.25) is 0 Å². The van der Waals surface area contributed by atoms with E-state index in [1.54, 1.807) is 0 Å². The molecule has 0 aromatic rings. The zero-order valence-corrected chi connectivity index (χ0v) is 10.8. The minimum atomic E-state index is 0.196. The summed E-state index contributed by atoms with van der Waals surface area (Å²) in [6.45, 7) is 8.21. The van der Waals surface area contributed by atoms with Crippen molar-refractivity contribution in [2.75, 3.05) is 20.2 Å². The van der Waals surface area contributed by atoms with E-state index in [1.807, 2.05) is 0 Å². The van der Waals surface area contributed by atoms with E-state index in [0.29, 0.717) is 6.61 Å². The summed E-state index contributed by atoms with van der Waals surface area (Å²) in [5.74, 6) is 0. The lowest BCUT2D eigenvalue weighted by atomic mass is 9.85. The second-order valence-electron chi connectivity index (χ2n) is 5.89. The molecule has 0 radical (unpaired) electrons. The highest BCUT2D eigenvalue weighted by Crippen LogP contribution is 2.39. The Bertz CT molecular complexity index is 195. The van der Waals surface area contributed by atoms with Crippen LogP contribution in [-0.2, 0) is 0 Å². The van der Waals surface area contributed by atoms with Gasteiger partial charge in [-0.2, -0.15) is 0 Å². The number of aliphatic hydroxyl groups is 1. The van der Waals surface area contributed by atoms with Gasteiger partial charge < -0.3 is 10.0 Å². The van der Waals surface area contributed by atoms with Gasteiger partial charge in [0.05, 0.1) is 0 Å². The summed E-state index contributed by atoms with van der Waals surface area (Å²) in [5, 5.41) is 9.58. The number of hydrogen-bond acceptors (Lipinski definition) is 2. The molecule has 0 saturated heterocycles. The first-order valence-electron chi connectivity index (χ1n) is 6.28. The molecule has 0 bridgehead atoms. The lowest BCUT2D eigenvalue weighted by molar-refractivity contribution is 0.0436. The fraction of sp³-hybridized carbons (Fsp3) is 1.00. The van der Waals surface area contributed by atoms with Crippen molar-refractivity contribution in [3.05, 3.63) is 0 Å². The van der Waals surface area contributed by atoms with Gasteiger partial charge in [0.15, 0.2) is 0 Å². The van der Waals surface area contributed by atoms with Crippen molar-refractivity contribution >= 4 is 0 Å². The zero-order valence-electron chi connectivity index (χ0n) is 10.8. The van der Waals surface area contributed by atoms with Crippen LogP contribution in [0.1, 0.15) is 52.9 Å². The molecule has 90 valence electrons. The van der Waals surface area contributed by atoms with Gasteiger partial charge in [-0.25, -0.2) is 0 Å². The van der Waals surface area contributed by atoms with Crippen LogP contribution >= 0.6 is 0 Å². The largest absolute Gasteiger partial charge is 0.396 e. The van der Waals surface area contributed by atoms with E-state index < -0.39 is 0 Å². The fourth-order valence-electron chi connectivity index (χ4n) is 2.48. The topological polar surface area (TPSA) is 23.5 Å². The minimum absolute atomic E-state index is 0.196. The second kappa shape index (κ2) is 4.84. The summed E-state index contributed by atoms with van der Waals surface area (Å²) in [5.41, 5.74) is 0.450. The van der Waals surface area contributed by atoms with Crippen LogP contribution < -0.4 is 0 Å². The summed E-state index contributed by atoms with van der Waals surface area (Å²) < 4.78 is 0. The molecule has 1 rings (SSSR count). The molecule has 1 aliphatic rings. The van der Waals surface area contributed by atoms with Crippen LogP contribution in [0.2, 0.25) is 0 Å². The van der Waals surface area contributed by atoms with Gasteiger partial charge in [-0.1, -0.05) is 19.8 Å². The van der Waals surface area contributed by atoms with Crippen molar-refractivity contribution in [1.29, 1.82) is 0 Å². The Morgan fingerprint density at radius 3 is 2.20 bits per heavy atom. The predicted molar refractivity (Wildman–Crippen MR) is 65.0 cm³/mol. The molecule has 1 fully saturated rings. The van der Waals surface area contributed by atoms with E-state index in [2.05, 4.69) is 32.7 Å². The molecule has 0 atom stereocenters. The van der Waals surface area contributed by atoms with E-state index in [4.69, 9.17) is 0 Å². The van der Waals surface area contributed by atoms with Crippen molar-refractivity contribution in [2.24, 2.45) is 5.41 Å². The van der Waals surface area contributed by atoms with Crippen molar-refractivity contribution in [2.45, 2.75) is 58.4 Å². The van der Waals surface area contributed by atoms with Crippen molar-refractivity contribution in [3.63, 3.8) is 0 Å². The normalized spacial score (nSPS) is 21.2. The van der Waals surface area contributed by atoms with E-state index >= 15 is 0 Å². The van der Waals surface area contributed by atoms with E-state index in [-0.39, 0.29) is 11.0 Å². The van der Waals surface area contributed by atoms with Gasteiger partial charge in [0, 0.05) is 24.1 Å². The van der Waals surface area contributed by atoms with Crippen molar-refractivity contribution < 1.29 is 5.11 Å². The Kier molecular flexibility index (Phi) is 4.19. The van der Waals surface area contributed by atoms with E-state index in [9.17, 15) is 5.11 Å². The van der Waals surface area contributed by atoms with Gasteiger partial charge >= 0.3 is 0 Å². The third-order valence-electron chi connectivity index (χ3n) is 4.47. The Labute approximate surface area is 94.7 Å². The van der Waals surface area contributed by atoms with Crippen LogP contribution in [0, 0.1) is 5.41 Å². The quantitative estimate of drug-likeness (QED) is 0.759. The SMILES string of the molecule is CCC(C)(C)N(C)CC1(CO)CCCC1. The van der Waals surface area contributed by atoms with Gasteiger partial charge in [0.25, 0.3) is 0 Å². The molecule has 2 heteroatoms. The lowest BCUT2D eigenvalue weighted by Crippen LogP contribution is -2.47. The molecule has 0 aromatic heterocycles. The highest BCUT2D eigenvalue weighted by Gasteiger charge is 2.36. The van der Waals surface area contributed by atoms with Gasteiger partial charge in [-0.05, 0) is 40.2 Å². The third-order valence-corrected chi connectivity index (χ3v) is 4.47. The number of aliphatic hydroxyl groups excluding tert-OH is 1. The second-order valence-corrected chi connectivity index (χ2v) is 5.89. The highest BCUT2D eigenvalue weighted by molar-refractivity contribution is 4.90. The molecule has 0 aliphatic heterocycles. The molecule has 0 heterocycles. The Balaban J connectivity index is 2.59. The molecule has 2 nitrogen and oxygen atoms in total. The molecule has 0 spiro atoms. The van der Waals surface area contributed by atoms with Crippen LogP contribution in [0.5, 0.6) is 0 Å². The third kappa shape index (κ3) is 2.94. The molecule has 15 heavy (non-hydrogen) atoms. The van der Waals surface area contributed by atoms with Crippen molar-refractivity contribution in [3.8, 4) is 0 Å². The number of hydrogen-bond donors (Lipinski definition) is 1. The Morgan fingerprint density at radius 1 is 1.27 bits per heavy atom. The Morgan fingerprint density at radius 2 is 1.80 bits per heavy atom. The number of nitrogens with zero attached hydrogens (tertiary/aromatic N) is 1. The van der Waals surface area contributed by atoms with Gasteiger partial charge in [0.1, 0.15) is 0 Å². The molecule has 0 amide bonds. The first-order valence-corrected chi connectivity index (χ1v) is 6.28. The van der Waals surface area contributed by atoms with Gasteiger partial charge in [-0.3, -0.25) is 0 Å². The van der Waals surface area contributed by atoms with Crippen LogP contribution in [0.15, 0.2) is 0 Å². The van der Waals surface area contributed by atoms with Crippen LogP contribution in [0.25, 0.3) is 0 Å². The Hall–Kier alpha value is -0.0800. The lowest BCUT2D eigenvalue weighted by Gasteiger charge is -2.41. The van der Waals surface area contributed by atoms with Gasteiger partial charge in [-0.15, -0.1) is 0 Å². The summed E-state index contributed by atoms with van der Waals surface area (Å²) >= 11 is 0. The zero-order chi connectivity index (χ0) is 11.5. The predicted octanol–water partition coefficient (Wildman–Crippen LogP) is 2.66. The molecule has 1 N–H and O–H groups in total. The average molecular weight is 213 g/mol. The standard InChI is InChI=1S/C13H27NO/c1-5-12(2,3)14(4)10-13(11-15)8-6-7-9-13/h15H,5-11H2,1-4H3. The fourth-order valence-corrected chi connectivity index (χ4v) is 2.48. The molecular formula is C13H27NO. The molecule has 0 unspecified atom stereocenters. The molecule has 1 aliphatic carbocycles. The maximum atomic E-state index is 9.58. The van der Waals surface area contributed by atoms with Crippen molar-refractivity contribution in [1.82, 2.24) is 4.90 Å². The van der Waals surface area contributed by atoms with E-state index in [0.717, 1.165) is 13.0 Å². The van der Waals surface area contributed by atoms with Crippen LogP contribution in [0.3, 0.4) is 0 Å². The summed E-state index contributed by atoms with van der Waals surface area (Å²) in [4.78, 5) is 2.43. The maximum Gasteiger partial charge on any atom is 0.0499 e. The average Bonchev–Trinajstić information content (AvgIpc) is 2.67. The smallest absolute Gasteiger partial charge is 0.0499 e. The monoisotopic (exact) mass is 213 g/mol.